The van der Waals surface area contributed by atoms with Gasteiger partial charge in [-0.3, -0.25) is 0 Å². The van der Waals surface area contributed by atoms with Gasteiger partial charge in [0.05, 0.1) is 28.6 Å². The van der Waals surface area contributed by atoms with Gasteiger partial charge >= 0.3 is 0 Å². The van der Waals surface area contributed by atoms with E-state index in [9.17, 15) is 0 Å². The van der Waals surface area contributed by atoms with Crippen molar-refractivity contribution in [1.29, 1.82) is 0 Å². The van der Waals surface area contributed by atoms with Crippen LogP contribution in [0.1, 0.15) is 0 Å². The first kappa shape index (κ1) is 8.38. The number of halogens is 2. The van der Waals surface area contributed by atoms with E-state index in [0.29, 0.717) is 0 Å². The maximum Gasteiger partial charge on any atom is 0.192 e. The van der Waals surface area contributed by atoms with Crippen molar-refractivity contribution in [3.63, 3.8) is 0 Å². The molecule has 0 fully saturated rings. The quantitative estimate of drug-likeness (QED) is 0.646. The van der Waals surface area contributed by atoms with Crippen LogP contribution in [0.2, 0.25) is 0 Å². The van der Waals surface area contributed by atoms with E-state index in [1.165, 1.54) is 0 Å². The molecule has 1 N–H and O–H groups in total. The Bertz CT molecular complexity index is 194. The average Bonchev–Trinajstić information content (AvgIpc) is 2.04. The molecule has 1 aromatic rings. The minimum atomic E-state index is 0.859. The Morgan fingerprint density at radius 2 is 2.00 bits per heavy atom. The molecule has 0 radical (unpaired) electrons. The Kier molecular flexibility index (Phi) is 3.53. The summed E-state index contributed by atoms with van der Waals surface area (Å²) in [6.07, 6.45) is 0. The van der Waals surface area contributed by atoms with Crippen LogP contribution in [0.5, 0.6) is 5.75 Å². The summed E-state index contributed by atoms with van der Waals surface area (Å²) in [6.45, 7) is 0. The molecule has 0 aliphatic rings. The molecule has 54 valence electrons. The van der Waals surface area contributed by atoms with Crippen molar-refractivity contribution in [2.24, 2.45) is 0 Å². The van der Waals surface area contributed by atoms with E-state index in [2.05, 4.69) is 26.4 Å². The molecular weight excluding hydrogens is 356 g/mol. The predicted octanol–water partition coefficient (Wildman–Crippen LogP) is 3.18. The molecule has 0 aromatic heterocycles. The fraction of sp³-hybridized carbons (Fsp3) is 0. The number of nitrogens with one attached hydrogen (secondary N) is 1. The van der Waals surface area contributed by atoms with Gasteiger partial charge in [-0.1, -0.05) is 12.1 Å². The van der Waals surface area contributed by atoms with E-state index in [1.54, 1.807) is 0 Å². The molecule has 1 rings (SSSR count). The molecule has 10 heavy (non-hydrogen) atoms. The third kappa shape index (κ3) is 1.88. The maximum absolute atomic E-state index is 5.04. The standard InChI is InChI=1S/C6H5I2NO/c7-9-5-3-1-2-4-6(5)10-8/h1-4,9H. The zero-order chi connectivity index (χ0) is 7.40. The largest absolute Gasteiger partial charge is 0.425 e. The van der Waals surface area contributed by atoms with Crippen molar-refractivity contribution < 1.29 is 3.07 Å². The summed E-state index contributed by atoms with van der Waals surface area (Å²) in [5.41, 5.74) is 0.998. The van der Waals surface area contributed by atoms with Crippen molar-refractivity contribution >= 4 is 51.6 Å². The third-order valence-corrected chi connectivity index (χ3v) is 2.13. The van der Waals surface area contributed by atoms with E-state index >= 15 is 0 Å². The molecule has 0 unspecified atom stereocenters. The second-order valence-corrected chi connectivity index (χ2v) is 2.65. The normalized spacial score (nSPS) is 9.00. The van der Waals surface area contributed by atoms with Crippen LogP contribution in [0.4, 0.5) is 5.69 Å². The molecule has 2 nitrogen and oxygen atoms in total. The molecule has 0 spiro atoms. The smallest absolute Gasteiger partial charge is 0.192 e. The van der Waals surface area contributed by atoms with Crippen LogP contribution in [-0.2, 0) is 0 Å². The van der Waals surface area contributed by atoms with E-state index < -0.39 is 0 Å². The number of rotatable bonds is 2. The van der Waals surface area contributed by atoms with Gasteiger partial charge in [0.2, 0.25) is 0 Å². The Labute approximate surface area is 87.5 Å². The third-order valence-electron chi connectivity index (χ3n) is 1.07. The maximum atomic E-state index is 5.04. The number of benzene rings is 1. The molecular formula is C6H5I2NO. The van der Waals surface area contributed by atoms with Crippen LogP contribution in [0.15, 0.2) is 24.3 Å². The minimum absolute atomic E-state index is 0.859. The first-order chi connectivity index (χ1) is 4.88. The number of hydrogen-bond donors (Lipinski definition) is 1. The van der Waals surface area contributed by atoms with E-state index in [1.807, 2.05) is 47.3 Å². The van der Waals surface area contributed by atoms with Gasteiger partial charge in [-0.05, 0) is 12.1 Å². The number of anilines is 1. The highest BCUT2D eigenvalue weighted by molar-refractivity contribution is 14.1. The zero-order valence-electron chi connectivity index (χ0n) is 4.97. The molecule has 0 bridgehead atoms. The first-order valence-corrected chi connectivity index (χ1v) is 4.58. The lowest BCUT2D eigenvalue weighted by atomic mass is 10.3. The minimum Gasteiger partial charge on any atom is -0.425 e. The average molecular weight is 361 g/mol. The zero-order valence-corrected chi connectivity index (χ0v) is 9.29. The lowest BCUT2D eigenvalue weighted by molar-refractivity contribution is 0.721. The SMILES string of the molecule is INc1ccccc1OI. The topological polar surface area (TPSA) is 21.3 Å². The Morgan fingerprint density at radius 3 is 2.50 bits per heavy atom. The molecule has 4 heteroatoms. The lowest BCUT2D eigenvalue weighted by Crippen LogP contribution is -1.82. The summed E-state index contributed by atoms with van der Waals surface area (Å²) in [7, 11) is 0. The molecule has 0 amide bonds. The van der Waals surface area contributed by atoms with Gasteiger partial charge in [-0.15, -0.1) is 0 Å². The van der Waals surface area contributed by atoms with Gasteiger partial charge in [-0.2, -0.15) is 0 Å². The van der Waals surface area contributed by atoms with Crippen molar-refractivity contribution in [3.8, 4) is 5.75 Å². The van der Waals surface area contributed by atoms with Gasteiger partial charge in [-0.25, -0.2) is 0 Å². The molecule has 0 saturated carbocycles. The molecule has 0 heterocycles. The van der Waals surface area contributed by atoms with Crippen molar-refractivity contribution in [2.75, 3.05) is 3.53 Å². The van der Waals surface area contributed by atoms with Gasteiger partial charge < -0.3 is 6.60 Å². The monoisotopic (exact) mass is 361 g/mol. The van der Waals surface area contributed by atoms with Crippen molar-refractivity contribution in [2.45, 2.75) is 0 Å². The van der Waals surface area contributed by atoms with E-state index in [0.717, 1.165) is 11.4 Å². The Balaban J connectivity index is 2.96. The van der Waals surface area contributed by atoms with Crippen LogP contribution in [0.3, 0.4) is 0 Å². The van der Waals surface area contributed by atoms with Gasteiger partial charge in [0, 0.05) is 0 Å². The van der Waals surface area contributed by atoms with E-state index in [4.69, 9.17) is 3.07 Å². The van der Waals surface area contributed by atoms with Crippen LogP contribution in [-0.4, -0.2) is 0 Å². The summed E-state index contributed by atoms with van der Waals surface area (Å²) in [5.74, 6) is 0.859. The van der Waals surface area contributed by atoms with Crippen LogP contribution in [0.25, 0.3) is 0 Å². The molecule has 0 saturated heterocycles. The predicted molar refractivity (Wildman–Crippen MR) is 58.7 cm³/mol. The van der Waals surface area contributed by atoms with Crippen LogP contribution >= 0.6 is 45.9 Å². The number of para-hydroxylation sites is 2. The molecule has 1 aromatic carbocycles. The fourth-order valence-electron chi connectivity index (χ4n) is 0.612. The summed E-state index contributed by atoms with van der Waals surface area (Å²) in [5, 5.41) is 0. The van der Waals surface area contributed by atoms with Gasteiger partial charge in [0.15, 0.2) is 28.8 Å². The second kappa shape index (κ2) is 4.22. The Morgan fingerprint density at radius 1 is 1.30 bits per heavy atom. The fourth-order valence-corrected chi connectivity index (χ4v) is 1.44. The van der Waals surface area contributed by atoms with E-state index in [-0.39, 0.29) is 0 Å². The second-order valence-electron chi connectivity index (χ2n) is 1.67. The summed E-state index contributed by atoms with van der Waals surface area (Å²) >= 11 is 3.93. The highest BCUT2D eigenvalue weighted by Crippen LogP contribution is 2.25. The molecule has 0 aliphatic carbocycles. The molecule has 0 aliphatic heterocycles. The number of hydrogen-bond acceptors (Lipinski definition) is 2. The highest BCUT2D eigenvalue weighted by Gasteiger charge is 1.97. The summed E-state index contributed by atoms with van der Waals surface area (Å²) < 4.78 is 8.03. The molecule has 0 atom stereocenters. The van der Waals surface area contributed by atoms with Crippen LogP contribution < -0.4 is 6.60 Å². The van der Waals surface area contributed by atoms with Gasteiger partial charge in [0.1, 0.15) is 0 Å². The van der Waals surface area contributed by atoms with Crippen LogP contribution in [0, 0.1) is 0 Å². The van der Waals surface area contributed by atoms with Crippen molar-refractivity contribution in [1.82, 2.24) is 0 Å². The Hall–Kier alpha value is 0.280. The first-order valence-electron chi connectivity index (χ1n) is 2.62. The van der Waals surface area contributed by atoms with Crippen molar-refractivity contribution in [3.05, 3.63) is 24.3 Å². The highest BCUT2D eigenvalue weighted by atomic mass is 127. The van der Waals surface area contributed by atoms with Gasteiger partial charge in [0.25, 0.3) is 0 Å². The lowest BCUT2D eigenvalue weighted by Gasteiger charge is -2.02. The summed E-state index contributed by atoms with van der Waals surface area (Å²) in [6, 6.07) is 7.76. The summed E-state index contributed by atoms with van der Waals surface area (Å²) in [4.78, 5) is 0.